The fourth-order valence-corrected chi connectivity index (χ4v) is 2.10. The smallest absolute Gasteiger partial charge is 0.408 e. The van der Waals surface area contributed by atoms with Gasteiger partial charge in [-0.15, -0.1) is 0 Å². The maximum Gasteiger partial charge on any atom is 0.408 e. The molecule has 2 aromatic rings. The highest BCUT2D eigenvalue weighted by atomic mass is 79.9. The van der Waals surface area contributed by atoms with Crippen molar-refractivity contribution in [1.82, 2.24) is 9.78 Å². The van der Waals surface area contributed by atoms with E-state index in [0.29, 0.717) is 14.9 Å². The number of nitrogens with one attached hydrogen (secondary N) is 1. The number of hydrogen-bond acceptors (Lipinski definition) is 3. The van der Waals surface area contributed by atoms with Crippen molar-refractivity contribution < 1.29 is 22.7 Å². The number of rotatable bonds is 5. The van der Waals surface area contributed by atoms with E-state index in [1.807, 2.05) is 0 Å². The first-order valence-corrected chi connectivity index (χ1v) is 7.35. The molecule has 1 heterocycles. The zero-order valence-electron chi connectivity index (χ0n) is 12.0. The number of benzene rings is 1. The van der Waals surface area contributed by atoms with Crippen LogP contribution in [0.2, 0.25) is 0 Å². The molecule has 1 N–H and O–H groups in total. The van der Waals surface area contributed by atoms with Crippen LogP contribution in [0.15, 0.2) is 41.1 Å². The molecular weight excluding hydrogens is 379 g/mol. The van der Waals surface area contributed by atoms with E-state index in [1.165, 1.54) is 6.92 Å². The molecule has 0 aliphatic rings. The number of anilines is 1. The predicted molar refractivity (Wildman–Crippen MR) is 81.1 cm³/mol. The van der Waals surface area contributed by atoms with Crippen LogP contribution in [-0.2, 0) is 11.3 Å². The SMILES string of the molecule is CC(Oc1ccccc1Br)C(=O)Nc1cnn(CC(F)(F)F)c1. The lowest BCUT2D eigenvalue weighted by molar-refractivity contribution is -0.142. The minimum absolute atomic E-state index is 0.168. The van der Waals surface area contributed by atoms with Crippen molar-refractivity contribution >= 4 is 27.5 Å². The Hall–Kier alpha value is -2.03. The van der Waals surface area contributed by atoms with Crippen molar-refractivity contribution in [1.29, 1.82) is 0 Å². The molecule has 0 aliphatic carbocycles. The molecule has 2 rings (SSSR count). The first-order valence-electron chi connectivity index (χ1n) is 6.56. The zero-order valence-corrected chi connectivity index (χ0v) is 13.6. The van der Waals surface area contributed by atoms with Gasteiger partial charge >= 0.3 is 6.18 Å². The van der Waals surface area contributed by atoms with Gasteiger partial charge in [0.25, 0.3) is 5.91 Å². The Morgan fingerprint density at radius 1 is 1.43 bits per heavy atom. The summed E-state index contributed by atoms with van der Waals surface area (Å²) in [4.78, 5) is 12.0. The monoisotopic (exact) mass is 391 g/mol. The number of hydrogen-bond donors (Lipinski definition) is 1. The normalized spacial score (nSPS) is 12.7. The molecule has 0 bridgehead atoms. The van der Waals surface area contributed by atoms with E-state index in [0.717, 1.165) is 12.4 Å². The van der Waals surface area contributed by atoms with Gasteiger partial charge in [0.2, 0.25) is 0 Å². The number of carbonyl (C=O) groups excluding carboxylic acids is 1. The predicted octanol–water partition coefficient (Wildman–Crippen LogP) is 3.61. The molecule has 5 nitrogen and oxygen atoms in total. The average Bonchev–Trinajstić information content (AvgIpc) is 2.86. The van der Waals surface area contributed by atoms with Crippen LogP contribution in [0.4, 0.5) is 18.9 Å². The van der Waals surface area contributed by atoms with Gasteiger partial charge in [0, 0.05) is 6.20 Å². The highest BCUT2D eigenvalue weighted by Gasteiger charge is 2.28. The number of amides is 1. The summed E-state index contributed by atoms with van der Waals surface area (Å²) >= 11 is 3.30. The van der Waals surface area contributed by atoms with E-state index in [9.17, 15) is 18.0 Å². The van der Waals surface area contributed by atoms with E-state index in [1.54, 1.807) is 24.3 Å². The first-order chi connectivity index (χ1) is 10.7. The van der Waals surface area contributed by atoms with Crippen LogP contribution in [0.5, 0.6) is 5.75 Å². The quantitative estimate of drug-likeness (QED) is 0.846. The van der Waals surface area contributed by atoms with Crippen LogP contribution >= 0.6 is 15.9 Å². The van der Waals surface area contributed by atoms with Gasteiger partial charge in [-0.1, -0.05) is 12.1 Å². The third kappa shape index (κ3) is 5.27. The second kappa shape index (κ2) is 7.03. The summed E-state index contributed by atoms with van der Waals surface area (Å²) < 4.78 is 43.6. The van der Waals surface area contributed by atoms with E-state index >= 15 is 0 Å². The Morgan fingerprint density at radius 2 is 2.13 bits per heavy atom. The molecule has 1 unspecified atom stereocenters. The van der Waals surface area contributed by atoms with Gasteiger partial charge in [0.15, 0.2) is 6.10 Å². The van der Waals surface area contributed by atoms with Crippen molar-refractivity contribution in [3.8, 4) is 5.75 Å². The molecule has 0 radical (unpaired) electrons. The molecule has 1 amide bonds. The molecule has 1 aromatic carbocycles. The lowest BCUT2D eigenvalue weighted by Crippen LogP contribution is -2.30. The van der Waals surface area contributed by atoms with Crippen molar-refractivity contribution in [3.05, 3.63) is 41.1 Å². The van der Waals surface area contributed by atoms with E-state index in [4.69, 9.17) is 4.74 Å². The topological polar surface area (TPSA) is 56.1 Å². The summed E-state index contributed by atoms with van der Waals surface area (Å²) in [5.74, 6) is -0.00442. The van der Waals surface area contributed by atoms with Crippen LogP contribution in [-0.4, -0.2) is 28.0 Å². The van der Waals surface area contributed by atoms with Crippen LogP contribution in [0, 0.1) is 0 Å². The molecule has 1 aromatic heterocycles. The summed E-state index contributed by atoms with van der Waals surface area (Å²) in [7, 11) is 0. The maximum absolute atomic E-state index is 12.2. The molecule has 0 saturated carbocycles. The highest BCUT2D eigenvalue weighted by Crippen LogP contribution is 2.25. The van der Waals surface area contributed by atoms with Crippen LogP contribution in [0.1, 0.15) is 6.92 Å². The number of ether oxygens (including phenoxy) is 1. The summed E-state index contributed by atoms with van der Waals surface area (Å²) in [5.41, 5.74) is 0.168. The number of nitrogens with zero attached hydrogens (tertiary/aromatic N) is 2. The molecule has 0 saturated heterocycles. The Morgan fingerprint density at radius 3 is 2.78 bits per heavy atom. The molecule has 9 heteroatoms. The summed E-state index contributed by atoms with van der Waals surface area (Å²) in [5, 5.41) is 6.00. The highest BCUT2D eigenvalue weighted by molar-refractivity contribution is 9.10. The largest absolute Gasteiger partial charge is 0.480 e. The Kier molecular flexibility index (Phi) is 5.30. The average molecular weight is 392 g/mol. The van der Waals surface area contributed by atoms with Gasteiger partial charge in [0.1, 0.15) is 12.3 Å². The fourth-order valence-electron chi connectivity index (χ4n) is 1.73. The van der Waals surface area contributed by atoms with Gasteiger partial charge in [-0.25, -0.2) is 0 Å². The minimum Gasteiger partial charge on any atom is -0.480 e. The molecule has 0 spiro atoms. The third-order valence-electron chi connectivity index (χ3n) is 2.75. The molecule has 124 valence electrons. The summed E-state index contributed by atoms with van der Waals surface area (Å²) in [6.07, 6.45) is -2.95. The number of aromatic nitrogens is 2. The minimum atomic E-state index is -4.37. The van der Waals surface area contributed by atoms with Gasteiger partial charge in [0.05, 0.1) is 16.4 Å². The maximum atomic E-state index is 12.2. The van der Waals surface area contributed by atoms with Crippen LogP contribution in [0.25, 0.3) is 0 Å². The van der Waals surface area contributed by atoms with E-state index in [2.05, 4.69) is 26.3 Å². The lowest BCUT2D eigenvalue weighted by atomic mass is 10.3. The zero-order chi connectivity index (χ0) is 17.0. The van der Waals surface area contributed by atoms with Crippen molar-refractivity contribution in [2.24, 2.45) is 0 Å². The number of para-hydroxylation sites is 1. The van der Waals surface area contributed by atoms with Crippen LogP contribution < -0.4 is 10.1 Å². The number of halogens is 4. The van der Waals surface area contributed by atoms with Crippen molar-refractivity contribution in [3.63, 3.8) is 0 Å². The van der Waals surface area contributed by atoms with Crippen LogP contribution in [0.3, 0.4) is 0 Å². The molecule has 0 aliphatic heterocycles. The van der Waals surface area contributed by atoms with E-state index < -0.39 is 24.7 Å². The fraction of sp³-hybridized carbons (Fsp3) is 0.286. The van der Waals surface area contributed by atoms with Gasteiger partial charge in [-0.05, 0) is 35.0 Å². The van der Waals surface area contributed by atoms with Crippen molar-refractivity contribution in [2.75, 3.05) is 5.32 Å². The Balaban J connectivity index is 1.95. The van der Waals surface area contributed by atoms with Crippen molar-refractivity contribution in [2.45, 2.75) is 25.7 Å². The van der Waals surface area contributed by atoms with E-state index in [-0.39, 0.29) is 5.69 Å². The summed E-state index contributed by atoms with van der Waals surface area (Å²) in [6, 6.07) is 7.01. The van der Waals surface area contributed by atoms with Gasteiger partial charge in [-0.2, -0.15) is 18.3 Å². The Bertz CT molecular complexity index is 688. The summed E-state index contributed by atoms with van der Waals surface area (Å²) in [6.45, 7) is 0.320. The second-order valence-electron chi connectivity index (χ2n) is 4.72. The molecular formula is C14H13BrF3N3O2. The molecule has 0 fully saturated rings. The van der Waals surface area contributed by atoms with Gasteiger partial charge < -0.3 is 10.1 Å². The second-order valence-corrected chi connectivity index (χ2v) is 5.58. The lowest BCUT2D eigenvalue weighted by Gasteiger charge is -2.15. The number of carbonyl (C=O) groups is 1. The van der Waals surface area contributed by atoms with Gasteiger partial charge in [-0.3, -0.25) is 9.48 Å². The standard InChI is InChI=1S/C14H13BrF3N3O2/c1-9(23-12-5-3-2-4-11(12)15)13(22)20-10-6-19-21(7-10)8-14(16,17)18/h2-7,9H,8H2,1H3,(H,20,22). The number of alkyl halides is 3. The first kappa shape index (κ1) is 17.3. The molecule has 23 heavy (non-hydrogen) atoms. The molecule has 1 atom stereocenters. The third-order valence-corrected chi connectivity index (χ3v) is 3.41. The Labute approximate surface area is 138 Å².